The first-order valence-electron chi connectivity index (χ1n) is 6.03. The fraction of sp³-hybridized carbons (Fsp3) is 0.286. The first kappa shape index (κ1) is 13.8. The maximum atomic E-state index is 11.8. The van der Waals surface area contributed by atoms with Crippen molar-refractivity contribution in [1.82, 2.24) is 9.97 Å². The van der Waals surface area contributed by atoms with E-state index in [1.54, 1.807) is 6.92 Å². The average molecular weight is 323 g/mol. The minimum Gasteiger partial charge on any atom is -0.493 e. The van der Waals surface area contributed by atoms with Gasteiger partial charge >= 0.3 is 0 Å². The highest BCUT2D eigenvalue weighted by Crippen LogP contribution is 2.27. The molecule has 0 fully saturated rings. The fourth-order valence-electron chi connectivity index (χ4n) is 2.02. The van der Waals surface area contributed by atoms with Crippen LogP contribution in [0, 0.1) is 13.8 Å². The van der Waals surface area contributed by atoms with E-state index in [4.69, 9.17) is 0 Å². The molecule has 19 heavy (non-hydrogen) atoms. The van der Waals surface area contributed by atoms with Crippen molar-refractivity contribution in [2.45, 2.75) is 27.2 Å². The Kier molecular flexibility index (Phi) is 3.75. The number of aryl methyl sites for hydroxylation is 2. The van der Waals surface area contributed by atoms with E-state index in [1.807, 2.05) is 26.0 Å². The van der Waals surface area contributed by atoms with Crippen LogP contribution >= 0.6 is 15.9 Å². The van der Waals surface area contributed by atoms with Gasteiger partial charge in [-0.1, -0.05) is 22.9 Å². The molecule has 2 aromatic rings. The average Bonchev–Trinajstić information content (AvgIpc) is 2.35. The number of benzene rings is 1. The number of hydrogen-bond acceptors (Lipinski definition) is 3. The molecule has 1 aromatic carbocycles. The summed E-state index contributed by atoms with van der Waals surface area (Å²) in [5.41, 5.74) is 2.92. The van der Waals surface area contributed by atoms with Crippen LogP contribution < -0.4 is 5.56 Å². The number of rotatable bonds is 2. The zero-order valence-electron chi connectivity index (χ0n) is 11.0. The molecular formula is C14H15BrN2O2. The summed E-state index contributed by atoms with van der Waals surface area (Å²) in [4.78, 5) is 18.6. The number of halogens is 1. The Morgan fingerprint density at radius 1 is 1.32 bits per heavy atom. The summed E-state index contributed by atoms with van der Waals surface area (Å²) in [6.07, 6.45) is 0.451. The summed E-state index contributed by atoms with van der Waals surface area (Å²) in [6, 6.07) is 3.83. The van der Waals surface area contributed by atoms with Crippen LogP contribution in [0.15, 0.2) is 21.4 Å². The summed E-state index contributed by atoms with van der Waals surface area (Å²) in [5, 5.41) is 9.79. The quantitative estimate of drug-likeness (QED) is 0.892. The van der Waals surface area contributed by atoms with E-state index in [9.17, 15) is 9.90 Å². The molecule has 2 N–H and O–H groups in total. The van der Waals surface area contributed by atoms with Gasteiger partial charge in [-0.2, -0.15) is 4.98 Å². The zero-order valence-corrected chi connectivity index (χ0v) is 12.6. The summed E-state index contributed by atoms with van der Waals surface area (Å²) in [5.74, 6) is 0.192. The molecule has 0 atom stereocenters. The Labute approximate surface area is 119 Å². The van der Waals surface area contributed by atoms with E-state index < -0.39 is 0 Å². The van der Waals surface area contributed by atoms with Gasteiger partial charge in [-0.3, -0.25) is 4.79 Å². The molecule has 0 aliphatic heterocycles. The lowest BCUT2D eigenvalue weighted by Gasteiger charge is -2.08. The summed E-state index contributed by atoms with van der Waals surface area (Å²) in [7, 11) is 0. The van der Waals surface area contributed by atoms with Gasteiger partial charge in [0, 0.05) is 10.0 Å². The van der Waals surface area contributed by atoms with Gasteiger partial charge in [0.25, 0.3) is 5.56 Å². The second-order valence-corrected chi connectivity index (χ2v) is 5.29. The summed E-state index contributed by atoms with van der Waals surface area (Å²) in [6.45, 7) is 5.75. The lowest BCUT2D eigenvalue weighted by atomic mass is 10.1. The number of hydrogen-bond donors (Lipinski definition) is 2. The van der Waals surface area contributed by atoms with Crippen LogP contribution in [0.1, 0.15) is 23.6 Å². The number of H-pyrrole nitrogens is 1. The highest BCUT2D eigenvalue weighted by Gasteiger charge is 2.11. The molecule has 0 unspecified atom stereocenters. The van der Waals surface area contributed by atoms with E-state index in [0.717, 1.165) is 21.2 Å². The molecule has 4 nitrogen and oxygen atoms in total. The van der Waals surface area contributed by atoms with E-state index in [-0.39, 0.29) is 11.4 Å². The first-order valence-corrected chi connectivity index (χ1v) is 6.82. The van der Waals surface area contributed by atoms with Crippen molar-refractivity contribution in [2.75, 3.05) is 0 Å². The van der Waals surface area contributed by atoms with Crippen LogP contribution in [-0.4, -0.2) is 15.1 Å². The number of aromatic amines is 1. The zero-order chi connectivity index (χ0) is 14.2. The molecule has 0 saturated carbocycles. The smallest absolute Gasteiger partial charge is 0.258 e. The Balaban J connectivity index is 2.63. The highest BCUT2D eigenvalue weighted by molar-refractivity contribution is 9.10. The van der Waals surface area contributed by atoms with Crippen LogP contribution in [0.4, 0.5) is 0 Å². The van der Waals surface area contributed by atoms with E-state index >= 15 is 0 Å². The molecule has 0 radical (unpaired) electrons. The molecule has 100 valence electrons. The van der Waals surface area contributed by atoms with Crippen LogP contribution in [0.25, 0.3) is 11.4 Å². The molecule has 2 rings (SSSR count). The maximum absolute atomic E-state index is 11.8. The van der Waals surface area contributed by atoms with Gasteiger partial charge in [0.05, 0.1) is 5.56 Å². The third kappa shape index (κ3) is 2.56. The van der Waals surface area contributed by atoms with Crippen molar-refractivity contribution in [3.8, 4) is 17.3 Å². The topological polar surface area (TPSA) is 66.0 Å². The van der Waals surface area contributed by atoms with E-state index in [2.05, 4.69) is 25.9 Å². The molecule has 1 heterocycles. The minimum absolute atomic E-state index is 0.195. The third-order valence-corrected chi connectivity index (χ3v) is 4.31. The lowest BCUT2D eigenvalue weighted by Crippen LogP contribution is -2.14. The number of nitrogens with one attached hydrogen (secondary N) is 1. The van der Waals surface area contributed by atoms with Crippen molar-refractivity contribution >= 4 is 15.9 Å². The van der Waals surface area contributed by atoms with Gasteiger partial charge in [0.15, 0.2) is 0 Å². The van der Waals surface area contributed by atoms with Crippen LogP contribution in [0.5, 0.6) is 5.88 Å². The third-order valence-electron chi connectivity index (χ3n) is 3.06. The molecular weight excluding hydrogens is 308 g/mol. The Morgan fingerprint density at radius 2 is 1.89 bits per heavy atom. The van der Waals surface area contributed by atoms with Gasteiger partial charge < -0.3 is 10.1 Å². The number of aromatic nitrogens is 2. The fourth-order valence-corrected chi connectivity index (χ4v) is 2.25. The predicted molar refractivity (Wildman–Crippen MR) is 78.5 cm³/mol. The largest absolute Gasteiger partial charge is 0.493 e. The Bertz CT molecular complexity index is 669. The van der Waals surface area contributed by atoms with E-state index in [1.165, 1.54) is 0 Å². The van der Waals surface area contributed by atoms with Crippen LogP contribution in [0.2, 0.25) is 0 Å². The van der Waals surface area contributed by atoms with Gasteiger partial charge in [-0.25, -0.2) is 0 Å². The van der Waals surface area contributed by atoms with Crippen molar-refractivity contribution in [2.24, 2.45) is 0 Å². The Hall–Kier alpha value is -1.62. The van der Waals surface area contributed by atoms with Crippen molar-refractivity contribution in [3.05, 3.63) is 43.6 Å². The standard InChI is InChI=1S/C14H15BrN2O2/c1-4-10-13(18)16-12(17-14(10)19)9-5-7(2)11(15)8(3)6-9/h5-6H,4H2,1-3H3,(H2,16,17,18,19). The van der Waals surface area contributed by atoms with Gasteiger partial charge in [-0.15, -0.1) is 0 Å². The second-order valence-electron chi connectivity index (χ2n) is 4.49. The van der Waals surface area contributed by atoms with Gasteiger partial charge in [-0.05, 0) is 43.5 Å². The molecule has 0 aliphatic carbocycles. The van der Waals surface area contributed by atoms with Gasteiger partial charge in [0.1, 0.15) is 5.82 Å². The highest BCUT2D eigenvalue weighted by atomic mass is 79.9. The summed E-state index contributed by atoms with van der Waals surface area (Å²) >= 11 is 3.50. The van der Waals surface area contributed by atoms with E-state index in [0.29, 0.717) is 17.8 Å². The number of nitrogens with zero attached hydrogens (tertiary/aromatic N) is 1. The molecule has 0 aliphatic rings. The van der Waals surface area contributed by atoms with Crippen molar-refractivity contribution < 1.29 is 5.11 Å². The summed E-state index contributed by atoms with van der Waals surface area (Å²) < 4.78 is 1.04. The SMILES string of the molecule is CCc1c(O)nc(-c2cc(C)c(Br)c(C)c2)[nH]c1=O. The monoisotopic (exact) mass is 322 g/mol. The van der Waals surface area contributed by atoms with Gasteiger partial charge in [0.2, 0.25) is 5.88 Å². The lowest BCUT2D eigenvalue weighted by molar-refractivity contribution is 0.444. The predicted octanol–water partition coefficient (Wildman–Crippen LogP) is 3.08. The first-order chi connectivity index (χ1) is 8.93. The molecule has 0 saturated heterocycles. The molecule has 1 aromatic heterocycles. The molecule has 0 bridgehead atoms. The van der Waals surface area contributed by atoms with Crippen molar-refractivity contribution in [3.63, 3.8) is 0 Å². The maximum Gasteiger partial charge on any atom is 0.258 e. The minimum atomic E-state index is -0.289. The second kappa shape index (κ2) is 5.17. The van der Waals surface area contributed by atoms with Crippen LogP contribution in [0.3, 0.4) is 0 Å². The number of aromatic hydroxyl groups is 1. The normalized spacial score (nSPS) is 10.7. The molecule has 0 spiro atoms. The van der Waals surface area contributed by atoms with Crippen molar-refractivity contribution in [1.29, 1.82) is 0 Å². The molecule has 0 amide bonds. The molecule has 5 heteroatoms. The van der Waals surface area contributed by atoms with Crippen LogP contribution in [-0.2, 0) is 6.42 Å². The Morgan fingerprint density at radius 3 is 2.37 bits per heavy atom.